The number of hydrogen-bond donors (Lipinski definition) is 3. The molecule has 17 heavy (non-hydrogen) atoms. The van der Waals surface area contributed by atoms with E-state index in [4.69, 9.17) is 0 Å². The molecule has 0 aliphatic heterocycles. The van der Waals surface area contributed by atoms with Crippen molar-refractivity contribution >= 4 is 5.91 Å². The summed E-state index contributed by atoms with van der Waals surface area (Å²) in [6.07, 6.45) is 0. The summed E-state index contributed by atoms with van der Waals surface area (Å²) in [6.45, 7) is 7.24. The van der Waals surface area contributed by atoms with Gasteiger partial charge >= 0.3 is 0 Å². The molecule has 94 valence electrons. The molecule has 1 rings (SSSR count). The molecule has 4 nitrogen and oxygen atoms in total. The number of rotatable bonds is 5. The van der Waals surface area contributed by atoms with Gasteiger partial charge in [0.1, 0.15) is 5.75 Å². The molecule has 0 fully saturated rings. The first-order valence-corrected chi connectivity index (χ1v) is 5.82. The topological polar surface area (TPSA) is 61.4 Å². The Bertz CT molecular complexity index is 389. The lowest BCUT2D eigenvalue weighted by atomic mass is 10.1. The average Bonchev–Trinajstić information content (AvgIpc) is 2.27. The van der Waals surface area contributed by atoms with Crippen molar-refractivity contribution in [3.8, 4) is 5.75 Å². The molecule has 0 heterocycles. The van der Waals surface area contributed by atoms with E-state index in [-0.39, 0.29) is 11.7 Å². The Balaban J connectivity index is 2.44. The van der Waals surface area contributed by atoms with Gasteiger partial charge in [0.05, 0.1) is 0 Å². The fourth-order valence-corrected chi connectivity index (χ4v) is 1.44. The lowest BCUT2D eigenvalue weighted by molar-refractivity contribution is 0.0953. The molecular formula is C13H20N2O2. The number of phenols is 1. The quantitative estimate of drug-likeness (QED) is 0.678. The minimum atomic E-state index is -0.112. The number of hydrogen-bond acceptors (Lipinski definition) is 3. The van der Waals surface area contributed by atoms with Gasteiger partial charge in [-0.05, 0) is 30.7 Å². The van der Waals surface area contributed by atoms with Crippen molar-refractivity contribution in [2.45, 2.75) is 26.8 Å². The molecule has 1 amide bonds. The van der Waals surface area contributed by atoms with Gasteiger partial charge in [0.25, 0.3) is 5.91 Å². The van der Waals surface area contributed by atoms with E-state index < -0.39 is 0 Å². The Hall–Kier alpha value is -1.55. The van der Waals surface area contributed by atoms with Crippen LogP contribution in [0.4, 0.5) is 0 Å². The van der Waals surface area contributed by atoms with E-state index >= 15 is 0 Å². The van der Waals surface area contributed by atoms with Crippen molar-refractivity contribution < 1.29 is 9.90 Å². The number of benzene rings is 1. The maximum absolute atomic E-state index is 11.7. The van der Waals surface area contributed by atoms with Crippen LogP contribution >= 0.6 is 0 Å². The molecule has 0 aliphatic carbocycles. The van der Waals surface area contributed by atoms with Crippen molar-refractivity contribution in [1.29, 1.82) is 0 Å². The first-order valence-electron chi connectivity index (χ1n) is 5.82. The molecule has 0 aliphatic rings. The summed E-state index contributed by atoms with van der Waals surface area (Å²) in [7, 11) is 0. The van der Waals surface area contributed by atoms with Crippen LogP contribution in [0.3, 0.4) is 0 Å². The van der Waals surface area contributed by atoms with Crippen LogP contribution in [-0.4, -0.2) is 30.1 Å². The lowest BCUT2D eigenvalue weighted by Gasteiger charge is -2.09. The first kappa shape index (κ1) is 13.5. The summed E-state index contributed by atoms with van der Waals surface area (Å²) in [5.41, 5.74) is 1.28. The summed E-state index contributed by atoms with van der Waals surface area (Å²) in [5, 5.41) is 15.4. The molecule has 0 atom stereocenters. The SMILES string of the molecule is Cc1cc(C(=O)NCCNC(C)C)ccc1O. The molecule has 0 bridgehead atoms. The Morgan fingerprint density at radius 3 is 2.65 bits per heavy atom. The van der Waals surface area contributed by atoms with Crippen molar-refractivity contribution in [1.82, 2.24) is 10.6 Å². The van der Waals surface area contributed by atoms with E-state index in [1.165, 1.54) is 6.07 Å². The van der Waals surface area contributed by atoms with Crippen molar-refractivity contribution in [3.05, 3.63) is 29.3 Å². The summed E-state index contributed by atoms with van der Waals surface area (Å²) in [6, 6.07) is 5.26. The van der Waals surface area contributed by atoms with Crippen molar-refractivity contribution in [2.75, 3.05) is 13.1 Å². The average molecular weight is 236 g/mol. The maximum atomic E-state index is 11.7. The zero-order chi connectivity index (χ0) is 12.8. The van der Waals surface area contributed by atoms with E-state index in [0.717, 1.165) is 6.54 Å². The Kier molecular flexibility index (Phi) is 4.97. The van der Waals surface area contributed by atoms with Gasteiger partial charge in [-0.3, -0.25) is 4.79 Å². The van der Waals surface area contributed by atoms with E-state index in [1.807, 2.05) is 0 Å². The molecule has 0 unspecified atom stereocenters. The highest BCUT2D eigenvalue weighted by atomic mass is 16.3. The summed E-state index contributed by atoms with van der Waals surface area (Å²) < 4.78 is 0. The fraction of sp³-hybridized carbons (Fsp3) is 0.462. The lowest BCUT2D eigenvalue weighted by Crippen LogP contribution is -2.34. The number of aryl methyl sites for hydroxylation is 1. The summed E-state index contributed by atoms with van der Waals surface area (Å²) in [5.74, 6) is 0.0988. The second-order valence-corrected chi connectivity index (χ2v) is 4.37. The molecular weight excluding hydrogens is 216 g/mol. The number of carbonyl (C=O) groups is 1. The standard InChI is InChI=1S/C13H20N2O2/c1-9(2)14-6-7-15-13(17)11-4-5-12(16)10(3)8-11/h4-5,8-9,14,16H,6-7H2,1-3H3,(H,15,17). The number of amides is 1. The monoisotopic (exact) mass is 236 g/mol. The Morgan fingerprint density at radius 2 is 2.06 bits per heavy atom. The van der Waals surface area contributed by atoms with Crippen molar-refractivity contribution in [2.24, 2.45) is 0 Å². The molecule has 4 heteroatoms. The third-order valence-corrected chi connectivity index (χ3v) is 2.42. The van der Waals surface area contributed by atoms with Crippen LogP contribution in [0.15, 0.2) is 18.2 Å². The number of nitrogens with one attached hydrogen (secondary N) is 2. The van der Waals surface area contributed by atoms with E-state index in [1.54, 1.807) is 19.1 Å². The normalized spacial score (nSPS) is 10.6. The highest BCUT2D eigenvalue weighted by Gasteiger charge is 2.06. The molecule has 1 aromatic carbocycles. The predicted molar refractivity (Wildman–Crippen MR) is 68.3 cm³/mol. The zero-order valence-corrected chi connectivity index (χ0v) is 10.6. The van der Waals surface area contributed by atoms with Gasteiger partial charge in [-0.15, -0.1) is 0 Å². The minimum Gasteiger partial charge on any atom is -0.508 e. The largest absolute Gasteiger partial charge is 0.508 e. The van der Waals surface area contributed by atoms with Gasteiger partial charge in [-0.2, -0.15) is 0 Å². The van der Waals surface area contributed by atoms with Gasteiger partial charge in [0.15, 0.2) is 0 Å². The summed E-state index contributed by atoms with van der Waals surface area (Å²) in [4.78, 5) is 11.7. The maximum Gasteiger partial charge on any atom is 0.251 e. The van der Waals surface area contributed by atoms with Crippen LogP contribution < -0.4 is 10.6 Å². The third kappa shape index (κ3) is 4.44. The highest BCUT2D eigenvalue weighted by Crippen LogP contribution is 2.16. The Labute approximate surface area is 102 Å². The van der Waals surface area contributed by atoms with Crippen LogP contribution in [0.5, 0.6) is 5.75 Å². The molecule has 1 aromatic rings. The van der Waals surface area contributed by atoms with Crippen LogP contribution in [0, 0.1) is 6.92 Å². The van der Waals surface area contributed by atoms with Gasteiger partial charge in [-0.1, -0.05) is 13.8 Å². The predicted octanol–water partition coefficient (Wildman–Crippen LogP) is 1.43. The molecule has 0 saturated carbocycles. The Morgan fingerprint density at radius 1 is 1.35 bits per heavy atom. The van der Waals surface area contributed by atoms with E-state index in [0.29, 0.717) is 23.7 Å². The second-order valence-electron chi connectivity index (χ2n) is 4.37. The first-order chi connectivity index (χ1) is 8.00. The van der Waals surface area contributed by atoms with E-state index in [9.17, 15) is 9.90 Å². The molecule has 0 aromatic heterocycles. The number of aromatic hydroxyl groups is 1. The van der Waals surface area contributed by atoms with Gasteiger partial charge in [0, 0.05) is 24.7 Å². The van der Waals surface area contributed by atoms with Crippen LogP contribution in [-0.2, 0) is 0 Å². The third-order valence-electron chi connectivity index (χ3n) is 2.42. The minimum absolute atomic E-state index is 0.112. The van der Waals surface area contributed by atoms with Crippen molar-refractivity contribution in [3.63, 3.8) is 0 Å². The number of phenolic OH excluding ortho intramolecular Hbond substituents is 1. The zero-order valence-electron chi connectivity index (χ0n) is 10.6. The molecule has 0 spiro atoms. The number of carbonyl (C=O) groups excluding carboxylic acids is 1. The van der Waals surface area contributed by atoms with Gasteiger partial charge in [0.2, 0.25) is 0 Å². The smallest absolute Gasteiger partial charge is 0.251 e. The van der Waals surface area contributed by atoms with Crippen LogP contribution in [0.1, 0.15) is 29.8 Å². The summed E-state index contributed by atoms with van der Waals surface area (Å²) >= 11 is 0. The fourth-order valence-electron chi connectivity index (χ4n) is 1.44. The van der Waals surface area contributed by atoms with Crippen LogP contribution in [0.2, 0.25) is 0 Å². The van der Waals surface area contributed by atoms with Crippen LogP contribution in [0.25, 0.3) is 0 Å². The molecule has 0 radical (unpaired) electrons. The molecule has 3 N–H and O–H groups in total. The van der Waals surface area contributed by atoms with Gasteiger partial charge < -0.3 is 15.7 Å². The second kappa shape index (κ2) is 6.25. The highest BCUT2D eigenvalue weighted by molar-refractivity contribution is 5.94. The molecule has 0 saturated heterocycles. The van der Waals surface area contributed by atoms with Gasteiger partial charge in [-0.25, -0.2) is 0 Å². The van der Waals surface area contributed by atoms with E-state index in [2.05, 4.69) is 24.5 Å².